The average Bonchev–Trinajstić information content (AvgIpc) is 3.69. The van der Waals surface area contributed by atoms with Crippen LogP contribution in [0.1, 0.15) is 305 Å². The number of aliphatic hydroxyl groups is 1. The maximum atomic E-state index is 13.0. The largest absolute Gasteiger partial charge is 0.472 e. The van der Waals surface area contributed by atoms with Crippen LogP contribution in [0.5, 0.6) is 0 Å². The first-order valence-corrected chi connectivity index (χ1v) is 37.2. The molecule has 0 aromatic carbocycles. The van der Waals surface area contributed by atoms with E-state index < -0.39 is 97.5 Å². The van der Waals surface area contributed by atoms with Crippen LogP contribution in [0.2, 0.25) is 0 Å². The van der Waals surface area contributed by atoms with E-state index in [0.717, 1.165) is 121 Å². The van der Waals surface area contributed by atoms with Crippen LogP contribution in [0.15, 0.2) is 24.3 Å². The topological polar surface area (TPSA) is 237 Å². The summed E-state index contributed by atoms with van der Waals surface area (Å²) in [7, 11) is -9.91. The summed E-state index contributed by atoms with van der Waals surface area (Å²) >= 11 is 0. The van der Waals surface area contributed by atoms with Crippen LogP contribution < -0.4 is 0 Å². The Morgan fingerprint density at radius 2 is 0.686 bits per heavy atom. The van der Waals surface area contributed by atoms with Crippen LogP contribution in [0.4, 0.5) is 0 Å². The van der Waals surface area contributed by atoms with E-state index in [2.05, 4.69) is 72.8 Å². The fraction of sp³-hybridized carbons (Fsp3) is 0.881. The number of phosphoric acid groups is 2. The molecule has 0 aliphatic heterocycles. The summed E-state index contributed by atoms with van der Waals surface area (Å²) in [6, 6.07) is 0. The number of hydrogen-bond acceptors (Lipinski definition) is 15. The van der Waals surface area contributed by atoms with Gasteiger partial charge in [0.1, 0.15) is 19.3 Å². The summed E-state index contributed by atoms with van der Waals surface area (Å²) in [5.74, 6) is -0.00823. The van der Waals surface area contributed by atoms with Crippen molar-refractivity contribution in [2.24, 2.45) is 17.8 Å². The predicted molar refractivity (Wildman–Crippen MR) is 344 cm³/mol. The van der Waals surface area contributed by atoms with Crippen molar-refractivity contribution in [3.8, 4) is 0 Å². The number of aliphatic hydroxyl groups excluding tert-OH is 1. The third-order valence-electron chi connectivity index (χ3n) is 15.5. The highest BCUT2D eigenvalue weighted by atomic mass is 31.2. The van der Waals surface area contributed by atoms with E-state index in [1.54, 1.807) is 0 Å². The summed E-state index contributed by atoms with van der Waals surface area (Å²) in [6.45, 7) is 11.6. The van der Waals surface area contributed by atoms with Crippen molar-refractivity contribution in [1.29, 1.82) is 0 Å². The monoisotopic (exact) mass is 1260 g/mol. The molecule has 86 heavy (non-hydrogen) atoms. The van der Waals surface area contributed by atoms with Gasteiger partial charge in [0.25, 0.3) is 0 Å². The zero-order chi connectivity index (χ0) is 63.8. The van der Waals surface area contributed by atoms with Gasteiger partial charge in [0.05, 0.1) is 26.4 Å². The fourth-order valence-corrected chi connectivity index (χ4v) is 11.0. The van der Waals surface area contributed by atoms with Crippen molar-refractivity contribution in [1.82, 2.24) is 0 Å². The van der Waals surface area contributed by atoms with Gasteiger partial charge in [-0.15, -0.1) is 0 Å². The third-order valence-corrected chi connectivity index (χ3v) is 17.4. The first kappa shape index (κ1) is 83.5. The van der Waals surface area contributed by atoms with Crippen LogP contribution >= 0.6 is 15.6 Å². The van der Waals surface area contributed by atoms with Gasteiger partial charge in [0, 0.05) is 25.7 Å². The van der Waals surface area contributed by atoms with Crippen molar-refractivity contribution in [3.05, 3.63) is 24.3 Å². The van der Waals surface area contributed by atoms with Gasteiger partial charge >= 0.3 is 39.5 Å². The fourth-order valence-electron chi connectivity index (χ4n) is 9.41. The first-order chi connectivity index (χ1) is 41.3. The molecule has 0 rings (SSSR count). The Labute approximate surface area is 522 Å². The van der Waals surface area contributed by atoms with E-state index in [4.69, 9.17) is 37.0 Å². The van der Waals surface area contributed by atoms with Gasteiger partial charge in [-0.2, -0.15) is 0 Å². The van der Waals surface area contributed by atoms with Gasteiger partial charge in [-0.1, -0.05) is 253 Å². The second-order valence-corrected chi connectivity index (χ2v) is 27.4. The first-order valence-electron chi connectivity index (χ1n) is 34.2. The Bertz CT molecular complexity index is 1800. The number of carbonyl (C=O) groups excluding carboxylic acids is 4. The molecule has 0 aliphatic carbocycles. The molecule has 3 N–H and O–H groups in total. The van der Waals surface area contributed by atoms with Crippen molar-refractivity contribution in [3.63, 3.8) is 0 Å². The Hall–Kier alpha value is -2.46. The van der Waals surface area contributed by atoms with E-state index in [-0.39, 0.29) is 25.7 Å². The zero-order valence-electron chi connectivity index (χ0n) is 55.3. The van der Waals surface area contributed by atoms with E-state index in [9.17, 15) is 43.2 Å². The molecule has 19 heteroatoms. The van der Waals surface area contributed by atoms with Crippen molar-refractivity contribution >= 4 is 39.5 Å². The molecule has 0 fully saturated rings. The van der Waals surface area contributed by atoms with Gasteiger partial charge in [-0.25, -0.2) is 9.13 Å². The van der Waals surface area contributed by atoms with E-state index in [1.807, 2.05) is 0 Å². The molecule has 0 saturated heterocycles. The van der Waals surface area contributed by atoms with Crippen LogP contribution in [0, 0.1) is 17.8 Å². The highest BCUT2D eigenvalue weighted by Gasteiger charge is 2.30. The minimum Gasteiger partial charge on any atom is -0.462 e. The van der Waals surface area contributed by atoms with Crippen LogP contribution in [-0.4, -0.2) is 96.7 Å². The zero-order valence-corrected chi connectivity index (χ0v) is 57.0. The normalized spacial score (nSPS) is 15.1. The van der Waals surface area contributed by atoms with Gasteiger partial charge in [-0.05, 0) is 69.1 Å². The molecule has 0 aromatic rings. The summed E-state index contributed by atoms with van der Waals surface area (Å²) in [4.78, 5) is 72.3. The second-order valence-electron chi connectivity index (χ2n) is 24.5. The van der Waals surface area contributed by atoms with Crippen LogP contribution in [0.25, 0.3) is 0 Å². The second kappa shape index (κ2) is 57.7. The number of esters is 4. The number of unbranched alkanes of at least 4 members (excludes halogenated alkanes) is 26. The lowest BCUT2D eigenvalue weighted by Gasteiger charge is -2.21. The van der Waals surface area contributed by atoms with Crippen LogP contribution in [-0.2, 0) is 65.4 Å². The van der Waals surface area contributed by atoms with Gasteiger partial charge in [-0.3, -0.25) is 37.3 Å². The highest BCUT2D eigenvalue weighted by molar-refractivity contribution is 7.47. The highest BCUT2D eigenvalue weighted by Crippen LogP contribution is 2.45. The Morgan fingerprint density at radius 1 is 0.384 bits per heavy atom. The van der Waals surface area contributed by atoms with E-state index in [1.165, 1.54) is 96.3 Å². The van der Waals surface area contributed by atoms with Crippen molar-refractivity contribution in [2.45, 2.75) is 324 Å². The number of ether oxygens (including phenoxy) is 4. The molecule has 0 amide bonds. The molecule has 0 saturated carbocycles. The molecular weight excluding hydrogens is 1140 g/mol. The summed E-state index contributed by atoms with van der Waals surface area (Å²) in [5, 5.41) is 10.5. The number of rotatable bonds is 63. The van der Waals surface area contributed by atoms with E-state index >= 15 is 0 Å². The molecule has 5 unspecified atom stereocenters. The maximum absolute atomic E-state index is 13.0. The SMILES string of the molecule is CCCCCC/C=C\C=C/CCCCCCCC(=O)OC[C@H](COP(=O)(O)OCC(O)COP(=O)(O)OC[C@@H](COC(=O)CCCCCCCCCCC(C)C)OC(=O)CCCCCCCCC(C)CC)OC(=O)CCCCCCCCC(C)CC. The molecule has 0 aromatic heterocycles. The number of carbonyl (C=O) groups is 4. The Morgan fingerprint density at radius 3 is 1.03 bits per heavy atom. The molecule has 7 atom stereocenters. The molecule has 0 radical (unpaired) electrons. The lowest BCUT2D eigenvalue weighted by Crippen LogP contribution is -2.30. The average molecular weight is 1270 g/mol. The number of phosphoric ester groups is 2. The molecule has 0 heterocycles. The number of allylic oxidation sites excluding steroid dienone is 4. The van der Waals surface area contributed by atoms with Crippen molar-refractivity contribution in [2.75, 3.05) is 39.6 Å². The van der Waals surface area contributed by atoms with Crippen molar-refractivity contribution < 1.29 is 80.2 Å². The lowest BCUT2D eigenvalue weighted by atomic mass is 10.00. The van der Waals surface area contributed by atoms with Gasteiger partial charge in [0.2, 0.25) is 0 Å². The summed E-state index contributed by atoms with van der Waals surface area (Å²) in [5.41, 5.74) is 0. The van der Waals surface area contributed by atoms with Gasteiger partial charge < -0.3 is 33.8 Å². The quantitative estimate of drug-likeness (QED) is 0.0169. The van der Waals surface area contributed by atoms with Crippen LogP contribution in [0.3, 0.4) is 0 Å². The molecule has 0 aliphatic rings. The summed E-state index contributed by atoms with van der Waals surface area (Å²) < 4.78 is 68.0. The lowest BCUT2D eigenvalue weighted by molar-refractivity contribution is -0.161. The minimum absolute atomic E-state index is 0.0955. The predicted octanol–water partition coefficient (Wildman–Crippen LogP) is 18.2. The molecule has 17 nitrogen and oxygen atoms in total. The van der Waals surface area contributed by atoms with E-state index in [0.29, 0.717) is 31.6 Å². The molecular formula is C67H126O17P2. The standard InChI is InChI=1S/C67H126O17P2/c1-8-11-12-13-14-15-16-17-18-19-20-21-25-34-41-48-64(69)77-54-62(83-66(71)50-43-36-29-27-32-39-46-59(6)9-2)56-81-85(73,74)79-52-61(68)53-80-86(75,76)82-57-63(84-67(72)51-44-37-30-28-33-40-47-60(7)10-3)55-78-65(70)49-42-35-26-23-22-24-31-38-45-58(4)5/h15-18,58-63,68H,8-14,19-57H2,1-7H3,(H,73,74)(H,75,76)/b16-15-,18-17-/t59?,60?,61?,62-,63-/m1/s1. The Kier molecular flexibility index (Phi) is 56.0. The molecule has 0 bridgehead atoms. The molecule has 506 valence electrons. The minimum atomic E-state index is -4.96. The molecule has 0 spiro atoms. The summed E-state index contributed by atoms with van der Waals surface area (Å²) in [6.07, 6.45) is 42.7. The number of hydrogen-bond donors (Lipinski definition) is 3. The third kappa shape index (κ3) is 57.9. The maximum Gasteiger partial charge on any atom is 0.472 e. The Balaban J connectivity index is 5.27. The van der Waals surface area contributed by atoms with Gasteiger partial charge in [0.15, 0.2) is 12.2 Å². The smallest absolute Gasteiger partial charge is 0.462 e.